The highest BCUT2D eigenvalue weighted by Crippen LogP contribution is 2.16. The highest BCUT2D eigenvalue weighted by molar-refractivity contribution is 5.76. The molecule has 0 aliphatic carbocycles. The van der Waals surface area contributed by atoms with Crippen LogP contribution in [0.1, 0.15) is 19.3 Å². The zero-order valence-electron chi connectivity index (χ0n) is 8.36. The van der Waals surface area contributed by atoms with E-state index in [2.05, 4.69) is 5.32 Å². The molecule has 0 aromatic carbocycles. The van der Waals surface area contributed by atoms with E-state index in [-0.39, 0.29) is 12.3 Å². The van der Waals surface area contributed by atoms with Gasteiger partial charge >= 0.3 is 6.18 Å². The van der Waals surface area contributed by atoms with Crippen LogP contribution in [-0.4, -0.2) is 31.7 Å². The van der Waals surface area contributed by atoms with Crippen molar-refractivity contribution >= 4 is 5.91 Å². The summed E-state index contributed by atoms with van der Waals surface area (Å²) < 4.78 is 35.3. The molecule has 0 atom stereocenters. The zero-order valence-corrected chi connectivity index (χ0v) is 8.36. The van der Waals surface area contributed by atoms with E-state index in [9.17, 15) is 18.0 Å². The molecule has 1 saturated heterocycles. The van der Waals surface area contributed by atoms with Crippen LogP contribution in [-0.2, 0) is 4.79 Å². The Hall–Kier alpha value is -0.780. The lowest BCUT2D eigenvalue weighted by molar-refractivity contribution is -0.139. The van der Waals surface area contributed by atoms with Crippen molar-refractivity contribution in [1.82, 2.24) is 10.6 Å². The molecule has 3 nitrogen and oxygen atoms in total. The Balaban J connectivity index is 2.17. The van der Waals surface area contributed by atoms with Crippen molar-refractivity contribution in [3.8, 4) is 0 Å². The molecular formula is C9H15F3N2O. The number of piperidine rings is 1. The Morgan fingerprint density at radius 3 is 2.47 bits per heavy atom. The molecule has 1 rings (SSSR count). The van der Waals surface area contributed by atoms with Gasteiger partial charge in [-0.2, -0.15) is 13.2 Å². The van der Waals surface area contributed by atoms with Crippen LogP contribution in [0.2, 0.25) is 0 Å². The first kappa shape index (κ1) is 12.3. The second kappa shape index (κ2) is 5.34. The monoisotopic (exact) mass is 224 g/mol. The third kappa shape index (κ3) is 5.61. The van der Waals surface area contributed by atoms with Gasteiger partial charge in [0.15, 0.2) is 0 Å². The van der Waals surface area contributed by atoms with Crippen molar-refractivity contribution in [2.45, 2.75) is 25.4 Å². The Bertz CT molecular complexity index is 212. The molecule has 0 radical (unpaired) electrons. The average Bonchev–Trinajstić information content (AvgIpc) is 2.15. The number of carbonyl (C=O) groups is 1. The summed E-state index contributed by atoms with van der Waals surface area (Å²) in [5.41, 5.74) is 0. The molecule has 0 bridgehead atoms. The summed E-state index contributed by atoms with van der Waals surface area (Å²) in [7, 11) is 0. The summed E-state index contributed by atoms with van der Waals surface area (Å²) in [4.78, 5) is 11.1. The summed E-state index contributed by atoms with van der Waals surface area (Å²) in [6.07, 6.45) is -2.39. The highest BCUT2D eigenvalue weighted by Gasteiger charge is 2.28. The molecule has 1 aliphatic heterocycles. The van der Waals surface area contributed by atoms with Crippen molar-refractivity contribution < 1.29 is 18.0 Å². The minimum atomic E-state index is -4.32. The van der Waals surface area contributed by atoms with Gasteiger partial charge in [-0.1, -0.05) is 0 Å². The zero-order chi connectivity index (χ0) is 11.3. The maximum Gasteiger partial charge on any atom is 0.405 e. The quantitative estimate of drug-likeness (QED) is 0.752. The molecule has 2 N–H and O–H groups in total. The van der Waals surface area contributed by atoms with Crippen molar-refractivity contribution in [3.05, 3.63) is 0 Å². The molecule has 0 unspecified atom stereocenters. The van der Waals surface area contributed by atoms with Gasteiger partial charge in [-0.05, 0) is 31.8 Å². The maximum absolute atomic E-state index is 11.8. The van der Waals surface area contributed by atoms with Gasteiger partial charge < -0.3 is 10.6 Å². The summed E-state index contributed by atoms with van der Waals surface area (Å²) >= 11 is 0. The van der Waals surface area contributed by atoms with E-state index in [1.54, 1.807) is 0 Å². The van der Waals surface area contributed by atoms with Crippen LogP contribution < -0.4 is 10.6 Å². The van der Waals surface area contributed by atoms with Gasteiger partial charge in [-0.15, -0.1) is 0 Å². The van der Waals surface area contributed by atoms with Crippen molar-refractivity contribution in [2.24, 2.45) is 5.92 Å². The number of alkyl halides is 3. The van der Waals surface area contributed by atoms with Crippen molar-refractivity contribution in [2.75, 3.05) is 19.6 Å². The lowest BCUT2D eigenvalue weighted by Crippen LogP contribution is -2.36. The molecule has 1 fully saturated rings. The maximum atomic E-state index is 11.8. The fourth-order valence-electron chi connectivity index (χ4n) is 1.62. The molecule has 1 aliphatic rings. The number of halogens is 3. The molecule has 88 valence electrons. The Morgan fingerprint density at radius 2 is 1.93 bits per heavy atom. The molecule has 0 aromatic rings. The predicted octanol–water partition coefficient (Wildman–Crippen LogP) is 1.05. The standard InChI is InChI=1S/C9H15F3N2O/c10-9(11,12)6-14-8(15)5-7-1-3-13-4-2-7/h7,13H,1-6H2,(H,14,15). The van der Waals surface area contributed by atoms with Crippen LogP contribution >= 0.6 is 0 Å². The molecule has 1 heterocycles. The summed E-state index contributed by atoms with van der Waals surface area (Å²) in [6.45, 7) is 0.464. The van der Waals surface area contributed by atoms with Crippen molar-refractivity contribution in [3.63, 3.8) is 0 Å². The van der Waals surface area contributed by atoms with Gasteiger partial charge in [0, 0.05) is 6.42 Å². The lowest BCUT2D eigenvalue weighted by atomic mass is 9.94. The third-order valence-electron chi connectivity index (χ3n) is 2.42. The van der Waals surface area contributed by atoms with E-state index in [0.717, 1.165) is 25.9 Å². The smallest absolute Gasteiger partial charge is 0.347 e. The van der Waals surface area contributed by atoms with Gasteiger partial charge in [0.2, 0.25) is 5.91 Å². The van der Waals surface area contributed by atoms with Gasteiger partial charge in [0.05, 0.1) is 0 Å². The summed E-state index contributed by atoms with van der Waals surface area (Å²) in [5.74, 6) is -0.279. The molecule has 0 spiro atoms. The van der Waals surface area contributed by atoms with E-state index >= 15 is 0 Å². The first-order valence-electron chi connectivity index (χ1n) is 5.01. The van der Waals surface area contributed by atoms with E-state index in [1.165, 1.54) is 0 Å². The predicted molar refractivity (Wildman–Crippen MR) is 49.3 cm³/mol. The molecule has 15 heavy (non-hydrogen) atoms. The van der Waals surface area contributed by atoms with Gasteiger partial charge in [-0.3, -0.25) is 4.79 Å². The van der Waals surface area contributed by atoms with E-state index in [0.29, 0.717) is 0 Å². The lowest BCUT2D eigenvalue weighted by Gasteiger charge is -2.22. The van der Waals surface area contributed by atoms with Crippen LogP contribution in [0, 0.1) is 5.92 Å². The summed E-state index contributed by atoms with van der Waals surface area (Å²) in [6, 6.07) is 0. The SMILES string of the molecule is O=C(CC1CCNCC1)NCC(F)(F)F. The van der Waals surface area contributed by atoms with Gasteiger partial charge in [0.1, 0.15) is 6.54 Å². The van der Waals surface area contributed by atoms with Crippen LogP contribution in [0.4, 0.5) is 13.2 Å². The molecule has 1 amide bonds. The van der Waals surface area contributed by atoms with Crippen LogP contribution in [0.5, 0.6) is 0 Å². The topological polar surface area (TPSA) is 41.1 Å². The molecule has 0 saturated carbocycles. The number of carbonyl (C=O) groups excluding carboxylic acids is 1. The van der Waals surface area contributed by atoms with E-state index < -0.39 is 18.6 Å². The fraction of sp³-hybridized carbons (Fsp3) is 0.889. The van der Waals surface area contributed by atoms with Gasteiger partial charge in [-0.25, -0.2) is 0 Å². The second-order valence-corrected chi connectivity index (χ2v) is 3.79. The molecule has 0 aromatic heterocycles. The first-order chi connectivity index (χ1) is 6.97. The third-order valence-corrected chi connectivity index (χ3v) is 2.42. The van der Waals surface area contributed by atoms with Gasteiger partial charge in [0.25, 0.3) is 0 Å². The van der Waals surface area contributed by atoms with E-state index in [4.69, 9.17) is 0 Å². The number of hydrogen-bond acceptors (Lipinski definition) is 2. The Morgan fingerprint density at radius 1 is 1.33 bits per heavy atom. The first-order valence-corrected chi connectivity index (χ1v) is 5.01. The molecular weight excluding hydrogens is 209 g/mol. The summed E-state index contributed by atoms with van der Waals surface area (Å²) in [5, 5.41) is 5.02. The van der Waals surface area contributed by atoms with Crippen LogP contribution in [0.25, 0.3) is 0 Å². The Labute approximate surface area is 86.4 Å². The minimum absolute atomic E-state index is 0.206. The fourth-order valence-corrected chi connectivity index (χ4v) is 1.62. The highest BCUT2D eigenvalue weighted by atomic mass is 19.4. The second-order valence-electron chi connectivity index (χ2n) is 3.79. The number of hydrogen-bond donors (Lipinski definition) is 2. The van der Waals surface area contributed by atoms with Crippen LogP contribution in [0.15, 0.2) is 0 Å². The number of rotatable bonds is 3. The number of amides is 1. The Kier molecular flexibility index (Phi) is 4.38. The molecule has 6 heteroatoms. The van der Waals surface area contributed by atoms with Crippen LogP contribution in [0.3, 0.4) is 0 Å². The normalized spacial score (nSPS) is 18.9. The van der Waals surface area contributed by atoms with E-state index in [1.807, 2.05) is 5.32 Å². The minimum Gasteiger partial charge on any atom is -0.347 e. The largest absolute Gasteiger partial charge is 0.405 e. The average molecular weight is 224 g/mol. The number of nitrogens with one attached hydrogen (secondary N) is 2. The van der Waals surface area contributed by atoms with Crippen molar-refractivity contribution in [1.29, 1.82) is 0 Å².